The fourth-order valence-electron chi connectivity index (χ4n) is 4.84. The molecule has 6 heteroatoms. The molecule has 1 saturated heterocycles. The van der Waals surface area contributed by atoms with Crippen molar-refractivity contribution in [2.75, 3.05) is 24.6 Å². The SMILES string of the molecule is O=C(CN1CCc2ccccc2C1)N(C1CCCC1)[C@@H]1CCS(=O)(=O)C1. The van der Waals surface area contributed by atoms with Crippen LogP contribution in [-0.2, 0) is 27.6 Å². The second-order valence-corrected chi connectivity index (χ2v) is 10.3. The Morgan fingerprint density at radius 2 is 1.81 bits per heavy atom. The normalized spacial score (nSPS) is 25.9. The molecule has 0 bridgehead atoms. The maximum absolute atomic E-state index is 13.2. The summed E-state index contributed by atoms with van der Waals surface area (Å²) in [6, 6.07) is 8.55. The predicted molar refractivity (Wildman–Crippen MR) is 102 cm³/mol. The molecule has 26 heavy (non-hydrogen) atoms. The monoisotopic (exact) mass is 376 g/mol. The first kappa shape index (κ1) is 18.0. The van der Waals surface area contributed by atoms with Gasteiger partial charge in [-0.2, -0.15) is 0 Å². The zero-order valence-electron chi connectivity index (χ0n) is 15.3. The molecule has 142 valence electrons. The van der Waals surface area contributed by atoms with Crippen LogP contribution < -0.4 is 0 Å². The van der Waals surface area contributed by atoms with Crippen LogP contribution in [0.2, 0.25) is 0 Å². The van der Waals surface area contributed by atoms with Crippen LogP contribution in [0.25, 0.3) is 0 Å². The van der Waals surface area contributed by atoms with Gasteiger partial charge in [0.1, 0.15) is 0 Å². The van der Waals surface area contributed by atoms with Crippen molar-refractivity contribution < 1.29 is 13.2 Å². The lowest BCUT2D eigenvalue weighted by atomic mass is 10.00. The number of rotatable bonds is 4. The summed E-state index contributed by atoms with van der Waals surface area (Å²) in [4.78, 5) is 17.4. The molecule has 0 N–H and O–H groups in total. The fourth-order valence-corrected chi connectivity index (χ4v) is 6.56. The first-order chi connectivity index (χ1) is 12.5. The number of hydrogen-bond acceptors (Lipinski definition) is 4. The van der Waals surface area contributed by atoms with Crippen LogP contribution in [0.15, 0.2) is 24.3 Å². The second-order valence-electron chi connectivity index (χ2n) is 8.03. The molecule has 2 fully saturated rings. The van der Waals surface area contributed by atoms with Crippen LogP contribution in [-0.4, -0.2) is 60.8 Å². The van der Waals surface area contributed by atoms with Gasteiger partial charge in [-0.05, 0) is 36.8 Å². The van der Waals surface area contributed by atoms with E-state index in [2.05, 4.69) is 29.2 Å². The lowest BCUT2D eigenvalue weighted by molar-refractivity contribution is -0.137. The van der Waals surface area contributed by atoms with E-state index in [9.17, 15) is 13.2 Å². The van der Waals surface area contributed by atoms with E-state index in [0.29, 0.717) is 13.0 Å². The predicted octanol–water partition coefficient (Wildman–Crippen LogP) is 2.00. The van der Waals surface area contributed by atoms with Gasteiger partial charge < -0.3 is 4.90 Å². The minimum absolute atomic E-state index is 0.118. The summed E-state index contributed by atoms with van der Waals surface area (Å²) in [6.45, 7) is 2.11. The van der Waals surface area contributed by atoms with Gasteiger partial charge in [-0.3, -0.25) is 9.69 Å². The topological polar surface area (TPSA) is 57.7 Å². The molecule has 0 spiro atoms. The highest BCUT2D eigenvalue weighted by Gasteiger charge is 2.39. The number of nitrogens with zero attached hydrogens (tertiary/aromatic N) is 2. The molecule has 3 aliphatic rings. The maximum Gasteiger partial charge on any atom is 0.237 e. The Bertz CT molecular complexity index is 771. The molecule has 5 nitrogen and oxygen atoms in total. The van der Waals surface area contributed by atoms with Crippen LogP contribution in [0, 0.1) is 0 Å². The first-order valence-corrected chi connectivity index (χ1v) is 11.6. The summed E-state index contributed by atoms with van der Waals surface area (Å²) in [5.74, 6) is 0.502. The van der Waals surface area contributed by atoms with Crippen molar-refractivity contribution in [1.82, 2.24) is 9.80 Å². The number of carbonyl (C=O) groups excluding carboxylic acids is 1. The van der Waals surface area contributed by atoms with Crippen LogP contribution in [0.3, 0.4) is 0 Å². The van der Waals surface area contributed by atoms with E-state index in [4.69, 9.17) is 0 Å². The van der Waals surface area contributed by atoms with Gasteiger partial charge in [-0.1, -0.05) is 37.1 Å². The van der Waals surface area contributed by atoms with E-state index in [-0.39, 0.29) is 29.5 Å². The molecule has 4 rings (SSSR count). The molecule has 1 aromatic carbocycles. The lowest BCUT2D eigenvalue weighted by Gasteiger charge is -2.37. The minimum atomic E-state index is -2.98. The highest BCUT2D eigenvalue weighted by atomic mass is 32.2. The van der Waals surface area contributed by atoms with E-state index < -0.39 is 9.84 Å². The van der Waals surface area contributed by atoms with Crippen LogP contribution in [0.1, 0.15) is 43.2 Å². The summed E-state index contributed by atoms with van der Waals surface area (Å²) in [5, 5.41) is 0. The maximum atomic E-state index is 13.2. The zero-order valence-corrected chi connectivity index (χ0v) is 16.1. The molecule has 1 amide bonds. The molecule has 1 aromatic rings. The van der Waals surface area contributed by atoms with Gasteiger partial charge >= 0.3 is 0 Å². The van der Waals surface area contributed by atoms with Crippen LogP contribution >= 0.6 is 0 Å². The number of sulfone groups is 1. The highest BCUT2D eigenvalue weighted by Crippen LogP contribution is 2.29. The second kappa shape index (κ2) is 7.31. The van der Waals surface area contributed by atoms with E-state index in [1.54, 1.807) is 0 Å². The Morgan fingerprint density at radius 3 is 2.50 bits per heavy atom. The van der Waals surface area contributed by atoms with Gasteiger partial charge in [-0.15, -0.1) is 0 Å². The Hall–Kier alpha value is -1.40. The molecule has 1 saturated carbocycles. The minimum Gasteiger partial charge on any atom is -0.335 e. The number of amides is 1. The van der Waals surface area contributed by atoms with E-state index in [1.807, 2.05) is 4.90 Å². The summed E-state index contributed by atoms with van der Waals surface area (Å²) >= 11 is 0. The van der Waals surface area contributed by atoms with Crippen molar-refractivity contribution in [3.8, 4) is 0 Å². The molecule has 0 aromatic heterocycles. The third kappa shape index (κ3) is 3.81. The standard InChI is InChI=1S/C20H28N2O3S/c23-20(14-21-11-9-16-5-1-2-6-17(16)13-21)22(18-7-3-4-8-18)19-10-12-26(24,25)15-19/h1-2,5-6,18-19H,3-4,7-15H2/t19-/m1/s1. The third-order valence-electron chi connectivity index (χ3n) is 6.18. The van der Waals surface area contributed by atoms with Gasteiger partial charge in [0.25, 0.3) is 0 Å². The van der Waals surface area contributed by atoms with Crippen molar-refractivity contribution >= 4 is 15.7 Å². The molecule has 0 unspecified atom stereocenters. The van der Waals surface area contributed by atoms with E-state index in [1.165, 1.54) is 11.1 Å². The highest BCUT2D eigenvalue weighted by molar-refractivity contribution is 7.91. The average Bonchev–Trinajstić information content (AvgIpc) is 3.25. The molecular weight excluding hydrogens is 348 g/mol. The fraction of sp³-hybridized carbons (Fsp3) is 0.650. The molecule has 0 radical (unpaired) electrons. The van der Waals surface area contributed by atoms with Gasteiger partial charge in [0.15, 0.2) is 9.84 Å². The Labute approximate surface area is 156 Å². The smallest absolute Gasteiger partial charge is 0.237 e. The number of fused-ring (bicyclic) bond motifs is 1. The number of carbonyl (C=O) groups is 1. The van der Waals surface area contributed by atoms with Crippen molar-refractivity contribution in [3.63, 3.8) is 0 Å². The Balaban J connectivity index is 1.46. The summed E-state index contributed by atoms with van der Waals surface area (Å²) in [6.07, 6.45) is 5.91. The van der Waals surface area contributed by atoms with Crippen molar-refractivity contribution in [1.29, 1.82) is 0 Å². The third-order valence-corrected chi connectivity index (χ3v) is 7.93. The lowest BCUT2D eigenvalue weighted by Crippen LogP contribution is -2.51. The van der Waals surface area contributed by atoms with Crippen molar-refractivity contribution in [2.24, 2.45) is 0 Å². The zero-order chi connectivity index (χ0) is 18.1. The van der Waals surface area contributed by atoms with Gasteiger partial charge in [0.05, 0.1) is 18.1 Å². The molecular formula is C20H28N2O3S. The largest absolute Gasteiger partial charge is 0.335 e. The first-order valence-electron chi connectivity index (χ1n) is 9.82. The molecule has 1 atom stereocenters. The van der Waals surface area contributed by atoms with Gasteiger partial charge in [0, 0.05) is 25.2 Å². The summed E-state index contributed by atoms with van der Waals surface area (Å²) in [7, 11) is -2.98. The molecule has 2 aliphatic heterocycles. The number of hydrogen-bond donors (Lipinski definition) is 0. The van der Waals surface area contributed by atoms with Gasteiger partial charge in [-0.25, -0.2) is 8.42 Å². The molecule has 1 aliphatic carbocycles. The molecule has 2 heterocycles. The quantitative estimate of drug-likeness (QED) is 0.807. The van der Waals surface area contributed by atoms with E-state index in [0.717, 1.165) is 45.2 Å². The van der Waals surface area contributed by atoms with Crippen LogP contribution in [0.4, 0.5) is 0 Å². The van der Waals surface area contributed by atoms with E-state index >= 15 is 0 Å². The Morgan fingerprint density at radius 1 is 1.08 bits per heavy atom. The van der Waals surface area contributed by atoms with Crippen molar-refractivity contribution in [3.05, 3.63) is 35.4 Å². The van der Waals surface area contributed by atoms with Crippen LogP contribution in [0.5, 0.6) is 0 Å². The average molecular weight is 377 g/mol. The van der Waals surface area contributed by atoms with Crippen molar-refractivity contribution in [2.45, 2.75) is 57.2 Å². The van der Waals surface area contributed by atoms with Gasteiger partial charge in [0.2, 0.25) is 5.91 Å². The summed E-state index contributed by atoms with van der Waals surface area (Å²) < 4.78 is 23.9. The summed E-state index contributed by atoms with van der Waals surface area (Å²) in [5.41, 5.74) is 2.69. The number of benzene rings is 1. The Kier molecular flexibility index (Phi) is 5.06.